The van der Waals surface area contributed by atoms with Crippen molar-refractivity contribution in [2.45, 2.75) is 0 Å². The first-order valence-corrected chi connectivity index (χ1v) is 23.2. The summed E-state index contributed by atoms with van der Waals surface area (Å²) in [5, 5.41) is 13.6. The van der Waals surface area contributed by atoms with E-state index in [9.17, 15) is 0 Å². The van der Waals surface area contributed by atoms with Gasteiger partial charge in [0.1, 0.15) is 11.5 Å². The summed E-state index contributed by atoms with van der Waals surface area (Å²) in [6, 6.07) is 76.1. The number of nitrogens with zero attached hydrogens (tertiary/aromatic N) is 5. The van der Waals surface area contributed by atoms with Crippen LogP contribution in [0.25, 0.3) is 82.4 Å². The molecule has 0 aliphatic carbocycles. The van der Waals surface area contributed by atoms with Crippen LogP contribution in [0.5, 0.6) is 0 Å². The predicted molar refractivity (Wildman–Crippen MR) is 260 cm³/mol. The molecule has 0 bridgehead atoms. The lowest BCUT2D eigenvalue weighted by molar-refractivity contribution is 1.08. The predicted octanol–water partition coefficient (Wildman–Crippen LogP) is 10.6. The maximum Gasteiger partial charge on any atom is 0.182 e. The van der Waals surface area contributed by atoms with Crippen molar-refractivity contribution in [1.29, 1.82) is 0 Å². The summed E-state index contributed by atoms with van der Waals surface area (Å²) in [7, 11) is -3.32. The molecule has 5 nitrogen and oxygen atoms in total. The lowest BCUT2D eigenvalue weighted by Crippen LogP contribution is -2.75. The Morgan fingerprint density at radius 1 is 0.371 bits per heavy atom. The van der Waals surface area contributed by atoms with Crippen molar-refractivity contribution in [3.05, 3.63) is 225 Å². The summed E-state index contributed by atoms with van der Waals surface area (Å²) in [5.41, 5.74) is 7.89. The van der Waals surface area contributed by atoms with Crippen molar-refractivity contribution in [2.24, 2.45) is 0 Å². The second-order valence-electron chi connectivity index (χ2n) is 16.2. The van der Waals surface area contributed by atoms with Crippen molar-refractivity contribution in [3.8, 4) is 11.5 Å². The Bertz CT molecular complexity index is 3810. The monoisotopic (exact) mass is 807 g/mol. The first-order chi connectivity index (χ1) is 30.8. The average molecular weight is 808 g/mol. The van der Waals surface area contributed by atoms with Gasteiger partial charge >= 0.3 is 0 Å². The Hall–Kier alpha value is -8.06. The van der Waals surface area contributed by atoms with Crippen LogP contribution in [0.15, 0.2) is 225 Å². The number of rotatable bonds is 6. The van der Waals surface area contributed by atoms with Crippen LogP contribution in [0.1, 0.15) is 0 Å². The van der Waals surface area contributed by atoms with E-state index in [1.807, 2.05) is 18.5 Å². The number of imidazole rings is 1. The minimum absolute atomic E-state index is 0.891. The molecule has 0 fully saturated rings. The highest BCUT2D eigenvalue weighted by Gasteiger charge is 2.45. The van der Waals surface area contributed by atoms with Gasteiger partial charge in [-0.2, -0.15) is 0 Å². The third-order valence-electron chi connectivity index (χ3n) is 13.1. The second kappa shape index (κ2) is 13.5. The fourth-order valence-corrected chi connectivity index (χ4v) is 15.6. The van der Waals surface area contributed by atoms with Crippen LogP contribution in [0.2, 0.25) is 0 Å². The average Bonchev–Trinajstić information content (AvgIpc) is 4.07. The van der Waals surface area contributed by atoms with E-state index in [0.29, 0.717) is 0 Å². The zero-order valence-electron chi connectivity index (χ0n) is 33.6. The van der Waals surface area contributed by atoms with Crippen molar-refractivity contribution in [1.82, 2.24) is 23.5 Å². The van der Waals surface area contributed by atoms with Crippen LogP contribution in [-0.2, 0) is 0 Å². The van der Waals surface area contributed by atoms with Gasteiger partial charge in [0.15, 0.2) is 8.07 Å². The van der Waals surface area contributed by atoms with Gasteiger partial charge < -0.3 is 4.57 Å². The Kier molecular flexibility index (Phi) is 7.56. The summed E-state index contributed by atoms with van der Waals surface area (Å²) in [6.45, 7) is 0. The molecule has 13 rings (SSSR count). The van der Waals surface area contributed by atoms with Crippen molar-refractivity contribution >= 4 is 99.8 Å². The van der Waals surface area contributed by atoms with Gasteiger partial charge in [0.05, 0.1) is 27.6 Å². The molecule has 0 atom stereocenters. The van der Waals surface area contributed by atoms with Gasteiger partial charge in [-0.3, -0.25) is 8.97 Å². The summed E-state index contributed by atoms with van der Waals surface area (Å²) in [6.07, 6.45) is 5.92. The zero-order valence-corrected chi connectivity index (χ0v) is 34.6. The van der Waals surface area contributed by atoms with Crippen LogP contribution in [0.4, 0.5) is 0 Å². The van der Waals surface area contributed by atoms with E-state index in [4.69, 9.17) is 9.97 Å². The molecule has 0 N–H and O–H groups in total. The van der Waals surface area contributed by atoms with Crippen LogP contribution >= 0.6 is 0 Å². The van der Waals surface area contributed by atoms with Gasteiger partial charge in [-0.1, -0.05) is 158 Å². The Morgan fingerprint density at radius 2 is 0.968 bits per heavy atom. The van der Waals surface area contributed by atoms with Crippen molar-refractivity contribution in [2.75, 3.05) is 0 Å². The van der Waals surface area contributed by atoms with E-state index in [2.05, 4.69) is 220 Å². The van der Waals surface area contributed by atoms with Crippen molar-refractivity contribution < 1.29 is 0 Å². The quantitative estimate of drug-likeness (QED) is 0.0954. The van der Waals surface area contributed by atoms with Gasteiger partial charge in [0.25, 0.3) is 0 Å². The molecule has 0 aliphatic rings. The van der Waals surface area contributed by atoms with Crippen LogP contribution in [0.3, 0.4) is 0 Å². The first-order valence-electron chi connectivity index (χ1n) is 21.2. The number of para-hydroxylation sites is 4. The molecule has 0 amide bonds. The molecule has 0 unspecified atom stereocenters. The Labute approximate surface area is 358 Å². The molecular formula is C56H37N5Si. The highest BCUT2D eigenvalue weighted by Crippen LogP contribution is 2.42. The van der Waals surface area contributed by atoms with Gasteiger partial charge in [0, 0.05) is 56.6 Å². The molecule has 290 valence electrons. The molecule has 62 heavy (non-hydrogen) atoms. The molecule has 0 radical (unpaired) electrons. The third-order valence-corrected chi connectivity index (χ3v) is 17.8. The molecule has 0 saturated heterocycles. The van der Waals surface area contributed by atoms with Gasteiger partial charge in [-0.15, -0.1) is 0 Å². The maximum atomic E-state index is 5.05. The van der Waals surface area contributed by atoms with E-state index in [-0.39, 0.29) is 0 Å². The van der Waals surface area contributed by atoms with Gasteiger partial charge in [-0.05, 0) is 74.7 Å². The van der Waals surface area contributed by atoms with Crippen LogP contribution < -0.4 is 20.7 Å². The largest absolute Gasteiger partial charge is 0.309 e. The highest BCUT2D eigenvalue weighted by molar-refractivity contribution is 7.21. The smallest absolute Gasteiger partial charge is 0.182 e. The third kappa shape index (κ3) is 4.78. The Morgan fingerprint density at radius 3 is 1.66 bits per heavy atom. The fourth-order valence-electron chi connectivity index (χ4n) is 10.6. The van der Waals surface area contributed by atoms with Gasteiger partial charge in [0.2, 0.25) is 0 Å². The van der Waals surface area contributed by atoms with Crippen molar-refractivity contribution in [3.63, 3.8) is 0 Å². The summed E-state index contributed by atoms with van der Waals surface area (Å²) in [4.78, 5) is 10.1. The lowest BCUT2D eigenvalue weighted by Gasteiger charge is -2.36. The number of fused-ring (bicyclic) bond motifs is 13. The van der Waals surface area contributed by atoms with Crippen LogP contribution in [-0.4, -0.2) is 31.6 Å². The minimum Gasteiger partial charge on any atom is -0.309 e. The molecule has 13 aromatic rings. The first kappa shape index (κ1) is 34.8. The number of pyridine rings is 2. The van der Waals surface area contributed by atoms with E-state index in [1.54, 1.807) is 0 Å². The molecule has 8 aromatic carbocycles. The summed E-state index contributed by atoms with van der Waals surface area (Å²) < 4.78 is 7.18. The second-order valence-corrected chi connectivity index (χ2v) is 19.9. The number of hydrogen-bond donors (Lipinski definition) is 0. The number of benzene rings is 8. The summed E-state index contributed by atoms with van der Waals surface area (Å²) in [5.74, 6) is 0.891. The fraction of sp³-hybridized carbons (Fsp3) is 0. The maximum absolute atomic E-state index is 5.05. The number of aromatic nitrogens is 5. The van der Waals surface area contributed by atoms with Crippen LogP contribution in [0, 0.1) is 0 Å². The highest BCUT2D eigenvalue weighted by atomic mass is 28.3. The minimum atomic E-state index is -3.32. The lowest BCUT2D eigenvalue weighted by atomic mass is 10.1. The van der Waals surface area contributed by atoms with Gasteiger partial charge in [-0.25, -0.2) is 9.97 Å². The van der Waals surface area contributed by atoms with E-state index in [1.165, 1.54) is 64.1 Å². The van der Waals surface area contributed by atoms with E-state index < -0.39 is 8.07 Å². The number of hydrogen-bond acceptors (Lipinski definition) is 2. The molecule has 5 aromatic heterocycles. The zero-order chi connectivity index (χ0) is 40.8. The van der Waals surface area contributed by atoms with E-state index in [0.717, 1.165) is 39.1 Å². The topological polar surface area (TPSA) is 40.0 Å². The molecule has 0 aliphatic heterocycles. The summed E-state index contributed by atoms with van der Waals surface area (Å²) >= 11 is 0. The Balaban J connectivity index is 1.32. The standard InChI is InChI=1S/C56H37N5Si/c1-4-18-38(19-5-1)60-48-28-14-12-26-45(48)54-53-44-25-11-15-29-49(44)61(52-30-16-17-33-57-52)50(53)37-51(55(54)60)62(39-20-6-2-7-21-39,40-22-8-3-9-23-40)41-31-32-42-43-24-10-13-27-47(43)59-35-34-58-56(59)46(42)36-41/h1-37H. The molecule has 0 saturated carbocycles. The molecular weight excluding hydrogens is 771 g/mol. The molecule has 0 spiro atoms. The molecule has 5 heterocycles. The SMILES string of the molecule is c1ccc(-n2c3ccccc3c3c4c5ccccc5n(-c5ccccn5)c4cc([Si](c4ccccc4)(c4ccccc4)c4ccc5c6ccccc6n6ccnc6c5c4)c32)cc1. The van der Waals surface area contributed by atoms with E-state index >= 15 is 0 Å². The molecule has 6 heteroatoms. The normalized spacial score (nSPS) is 12.2.